The van der Waals surface area contributed by atoms with Crippen LogP contribution >= 0.6 is 0 Å². The molecule has 2 heterocycles. The molecule has 0 saturated carbocycles. The van der Waals surface area contributed by atoms with Gasteiger partial charge in [0, 0.05) is 24.2 Å². The van der Waals surface area contributed by atoms with Crippen LogP contribution in [0.4, 0.5) is 0 Å². The van der Waals surface area contributed by atoms with Crippen molar-refractivity contribution >= 4 is 5.91 Å². The minimum atomic E-state index is 0.0735. The smallest absolute Gasteiger partial charge is 0.246 e. The second-order valence-corrected chi connectivity index (χ2v) is 5.27. The van der Waals surface area contributed by atoms with E-state index in [9.17, 15) is 4.79 Å². The van der Waals surface area contributed by atoms with Crippen LogP contribution in [0.5, 0.6) is 0 Å². The van der Waals surface area contributed by atoms with Crippen LogP contribution in [0.25, 0.3) is 0 Å². The van der Waals surface area contributed by atoms with E-state index < -0.39 is 0 Å². The molecule has 4 nitrogen and oxygen atoms in total. The molecule has 1 saturated heterocycles. The number of aromatic nitrogens is 2. The van der Waals surface area contributed by atoms with Gasteiger partial charge in [0.25, 0.3) is 0 Å². The number of aromatic amines is 1. The van der Waals surface area contributed by atoms with E-state index in [0.29, 0.717) is 12.0 Å². The molecule has 1 amide bonds. The largest absolute Gasteiger partial charge is 0.346 e. The fraction of sp³-hybridized carbons (Fsp3) is 0.571. The lowest BCUT2D eigenvalue weighted by molar-refractivity contribution is -0.130. The van der Waals surface area contributed by atoms with Crippen molar-refractivity contribution in [2.24, 2.45) is 0 Å². The lowest BCUT2D eigenvalue weighted by Crippen LogP contribution is -2.48. The van der Waals surface area contributed by atoms with Gasteiger partial charge in [0.2, 0.25) is 5.91 Å². The number of hydrogen-bond acceptors (Lipinski definition) is 2. The van der Waals surface area contributed by atoms with Crippen LogP contribution in [0, 0.1) is 6.92 Å². The molecule has 0 bridgehead atoms. The van der Waals surface area contributed by atoms with E-state index in [4.69, 9.17) is 0 Å². The molecule has 1 aromatic rings. The van der Waals surface area contributed by atoms with Crippen LogP contribution in [0.3, 0.4) is 0 Å². The highest BCUT2D eigenvalue weighted by molar-refractivity contribution is 5.87. The van der Waals surface area contributed by atoms with Crippen molar-refractivity contribution < 1.29 is 4.79 Å². The van der Waals surface area contributed by atoms with Crippen LogP contribution in [0.15, 0.2) is 12.7 Å². The number of piperidine rings is 1. The summed E-state index contributed by atoms with van der Waals surface area (Å²) in [5.74, 6) is 1.50. The molecule has 4 heteroatoms. The van der Waals surface area contributed by atoms with Crippen molar-refractivity contribution in [1.29, 1.82) is 0 Å². The van der Waals surface area contributed by atoms with Gasteiger partial charge in [0.05, 0.1) is 5.69 Å². The summed E-state index contributed by atoms with van der Waals surface area (Å²) in [6.07, 6.45) is 5.66. The van der Waals surface area contributed by atoms with E-state index in [1.54, 1.807) is 0 Å². The zero-order valence-electron chi connectivity index (χ0n) is 10.8. The number of rotatable bonds is 1. The molecule has 1 aromatic heterocycles. The Bertz CT molecular complexity index is 491. The fourth-order valence-corrected chi connectivity index (χ4v) is 3.48. The molecule has 96 valence electrons. The number of aryl methyl sites for hydroxylation is 2. The standard InChI is InChI=1S/C14H19N3O/c1-3-13(18)17-8-4-5-10-12(17)7-6-11-14(10)16-9(2)15-11/h3,10,12H,1,4-8H2,2H3,(H,15,16)/t10-,12-/m1/s1. The molecular formula is C14H19N3O. The molecule has 1 N–H and O–H groups in total. The predicted molar refractivity (Wildman–Crippen MR) is 69.3 cm³/mol. The molecule has 18 heavy (non-hydrogen) atoms. The number of likely N-dealkylation sites (tertiary alicyclic amines) is 1. The number of carbonyl (C=O) groups is 1. The van der Waals surface area contributed by atoms with Crippen molar-refractivity contribution in [1.82, 2.24) is 14.9 Å². The van der Waals surface area contributed by atoms with Gasteiger partial charge in [0.15, 0.2) is 0 Å². The maximum absolute atomic E-state index is 11.9. The van der Waals surface area contributed by atoms with Crippen molar-refractivity contribution in [3.8, 4) is 0 Å². The van der Waals surface area contributed by atoms with E-state index in [0.717, 1.165) is 38.1 Å². The number of carbonyl (C=O) groups excluding carboxylic acids is 1. The normalized spacial score (nSPS) is 26.4. The van der Waals surface area contributed by atoms with Crippen LogP contribution in [-0.2, 0) is 11.2 Å². The summed E-state index contributed by atoms with van der Waals surface area (Å²) in [6.45, 7) is 6.48. The summed E-state index contributed by atoms with van der Waals surface area (Å²) in [6, 6.07) is 0.330. The van der Waals surface area contributed by atoms with Gasteiger partial charge in [-0.2, -0.15) is 0 Å². The van der Waals surface area contributed by atoms with Gasteiger partial charge >= 0.3 is 0 Å². The summed E-state index contributed by atoms with van der Waals surface area (Å²) < 4.78 is 0. The molecule has 1 fully saturated rings. The van der Waals surface area contributed by atoms with E-state index >= 15 is 0 Å². The zero-order valence-corrected chi connectivity index (χ0v) is 10.8. The van der Waals surface area contributed by atoms with Gasteiger partial charge in [-0.25, -0.2) is 4.98 Å². The third kappa shape index (κ3) is 1.67. The Balaban J connectivity index is 1.93. The first-order valence-electron chi connectivity index (χ1n) is 6.69. The Labute approximate surface area is 107 Å². The van der Waals surface area contributed by atoms with Gasteiger partial charge in [0.1, 0.15) is 5.82 Å². The van der Waals surface area contributed by atoms with Crippen LogP contribution < -0.4 is 0 Å². The number of imidazole rings is 1. The number of H-pyrrole nitrogens is 1. The van der Waals surface area contributed by atoms with E-state index in [-0.39, 0.29) is 5.91 Å². The van der Waals surface area contributed by atoms with Gasteiger partial charge < -0.3 is 9.88 Å². The van der Waals surface area contributed by atoms with Crippen molar-refractivity contribution in [3.05, 3.63) is 29.9 Å². The summed E-state index contributed by atoms with van der Waals surface area (Å²) in [5.41, 5.74) is 2.48. The Morgan fingerprint density at radius 2 is 2.39 bits per heavy atom. The first-order valence-corrected chi connectivity index (χ1v) is 6.69. The Hall–Kier alpha value is -1.58. The monoisotopic (exact) mass is 245 g/mol. The lowest BCUT2D eigenvalue weighted by atomic mass is 9.78. The Morgan fingerprint density at radius 1 is 1.56 bits per heavy atom. The molecule has 0 unspecified atom stereocenters. The van der Waals surface area contributed by atoms with E-state index in [1.165, 1.54) is 17.5 Å². The number of amides is 1. The molecule has 2 atom stereocenters. The SMILES string of the molecule is C=CC(=O)N1CCC[C@H]2c3[nH]c(C)nc3CC[C@H]21. The number of fused-ring (bicyclic) bond motifs is 3. The average molecular weight is 245 g/mol. The number of nitrogens with one attached hydrogen (secondary N) is 1. The van der Waals surface area contributed by atoms with Crippen LogP contribution in [0.1, 0.15) is 42.4 Å². The minimum absolute atomic E-state index is 0.0735. The Kier molecular flexibility index (Phi) is 2.73. The highest BCUT2D eigenvalue weighted by atomic mass is 16.2. The highest BCUT2D eigenvalue weighted by Gasteiger charge is 2.39. The zero-order chi connectivity index (χ0) is 12.7. The third-order valence-electron chi connectivity index (χ3n) is 4.21. The van der Waals surface area contributed by atoms with Gasteiger partial charge in [-0.15, -0.1) is 0 Å². The summed E-state index contributed by atoms with van der Waals surface area (Å²) in [7, 11) is 0. The lowest BCUT2D eigenvalue weighted by Gasteiger charge is -2.43. The molecule has 0 spiro atoms. The van der Waals surface area contributed by atoms with Gasteiger partial charge in [-0.05, 0) is 38.7 Å². The molecule has 1 aliphatic carbocycles. The summed E-state index contributed by atoms with van der Waals surface area (Å²) >= 11 is 0. The molecule has 0 aromatic carbocycles. The van der Waals surface area contributed by atoms with E-state index in [1.807, 2.05) is 11.8 Å². The predicted octanol–water partition coefficient (Wildman–Crippen LogP) is 1.92. The molecular weight excluding hydrogens is 226 g/mol. The van der Waals surface area contributed by atoms with Crippen molar-refractivity contribution in [2.75, 3.05) is 6.54 Å². The first-order chi connectivity index (χ1) is 8.70. The van der Waals surface area contributed by atoms with Gasteiger partial charge in [-0.1, -0.05) is 6.58 Å². The first kappa shape index (κ1) is 11.5. The maximum Gasteiger partial charge on any atom is 0.246 e. The minimum Gasteiger partial charge on any atom is -0.346 e. The second kappa shape index (κ2) is 4.26. The van der Waals surface area contributed by atoms with Crippen molar-refractivity contribution in [3.63, 3.8) is 0 Å². The molecule has 3 rings (SSSR count). The summed E-state index contributed by atoms with van der Waals surface area (Å²) in [5, 5.41) is 0. The van der Waals surface area contributed by atoms with Crippen molar-refractivity contribution in [2.45, 2.75) is 44.6 Å². The fourth-order valence-electron chi connectivity index (χ4n) is 3.48. The Morgan fingerprint density at radius 3 is 3.17 bits per heavy atom. The second-order valence-electron chi connectivity index (χ2n) is 5.27. The maximum atomic E-state index is 11.9. The number of hydrogen-bond donors (Lipinski definition) is 1. The number of nitrogens with zero attached hydrogens (tertiary/aromatic N) is 2. The molecule has 0 radical (unpaired) electrons. The highest BCUT2D eigenvalue weighted by Crippen LogP contribution is 2.39. The third-order valence-corrected chi connectivity index (χ3v) is 4.21. The molecule has 2 aliphatic rings. The van der Waals surface area contributed by atoms with E-state index in [2.05, 4.69) is 16.5 Å². The summed E-state index contributed by atoms with van der Waals surface area (Å²) in [4.78, 5) is 21.9. The van der Waals surface area contributed by atoms with Gasteiger partial charge in [-0.3, -0.25) is 4.79 Å². The van der Waals surface area contributed by atoms with Crippen LogP contribution in [-0.4, -0.2) is 33.4 Å². The average Bonchev–Trinajstić information content (AvgIpc) is 2.77. The van der Waals surface area contributed by atoms with Crippen LogP contribution in [0.2, 0.25) is 0 Å². The topological polar surface area (TPSA) is 49.0 Å². The molecule has 1 aliphatic heterocycles. The quantitative estimate of drug-likeness (QED) is 0.768.